The monoisotopic (exact) mass is 460 g/mol. The Hall–Kier alpha value is -2.12. The van der Waals surface area contributed by atoms with Crippen LogP contribution in [-0.2, 0) is 38.1 Å². The van der Waals surface area contributed by atoms with Gasteiger partial charge in [0.25, 0.3) is 0 Å². The van der Waals surface area contributed by atoms with Crippen LogP contribution in [0.5, 0.6) is 0 Å². The van der Waals surface area contributed by atoms with Gasteiger partial charge in [-0.05, 0) is 24.7 Å². The Morgan fingerprint density at radius 2 is 0.812 bits per heavy atom. The average Bonchev–Trinajstić information content (AvgIpc) is 2.74. The van der Waals surface area contributed by atoms with Crippen molar-refractivity contribution in [3.05, 3.63) is 0 Å². The van der Waals surface area contributed by atoms with E-state index < -0.39 is 0 Å². The van der Waals surface area contributed by atoms with Crippen molar-refractivity contribution in [3.8, 4) is 0 Å². The fourth-order valence-corrected chi connectivity index (χ4v) is 1.88. The maximum absolute atomic E-state index is 11.2. The van der Waals surface area contributed by atoms with Crippen LogP contribution in [0.3, 0.4) is 0 Å². The van der Waals surface area contributed by atoms with Crippen molar-refractivity contribution in [2.24, 2.45) is 11.8 Å². The van der Waals surface area contributed by atoms with Crippen molar-refractivity contribution in [2.45, 2.75) is 92.9 Å². The first-order valence-corrected chi connectivity index (χ1v) is 11.7. The normalized spacial score (nSPS) is 10.2. The minimum absolute atomic E-state index is 0.101. The fraction of sp³-hybridized carbons (Fsp3) is 0.833. The number of unbranched alkanes of at least 4 members (excludes halogenated alkanes) is 2. The van der Waals surface area contributed by atoms with Crippen molar-refractivity contribution in [1.29, 1.82) is 0 Å². The summed E-state index contributed by atoms with van der Waals surface area (Å²) in [4.78, 5) is 44.6. The van der Waals surface area contributed by atoms with Crippen LogP contribution >= 0.6 is 0 Å². The van der Waals surface area contributed by atoms with E-state index in [1.165, 1.54) is 0 Å². The molecule has 0 amide bonds. The molecule has 0 aromatic heterocycles. The first-order valence-electron chi connectivity index (χ1n) is 11.7. The summed E-state index contributed by atoms with van der Waals surface area (Å²) >= 11 is 0. The van der Waals surface area contributed by atoms with Crippen molar-refractivity contribution >= 4 is 23.9 Å². The fourth-order valence-electron chi connectivity index (χ4n) is 1.88. The molecule has 0 aliphatic rings. The topological polar surface area (TPSA) is 105 Å². The summed E-state index contributed by atoms with van der Waals surface area (Å²) in [6.45, 7) is 13.6. The van der Waals surface area contributed by atoms with Crippen LogP contribution in [0.25, 0.3) is 0 Å². The zero-order valence-corrected chi connectivity index (χ0v) is 20.9. The van der Waals surface area contributed by atoms with E-state index in [9.17, 15) is 19.2 Å². The molecule has 0 rings (SSSR count). The Morgan fingerprint density at radius 1 is 0.531 bits per heavy atom. The Balaban J connectivity index is 0. The molecule has 0 atom stereocenters. The van der Waals surface area contributed by atoms with E-state index >= 15 is 0 Å². The molecule has 0 unspecified atom stereocenters. The lowest BCUT2D eigenvalue weighted by Gasteiger charge is -2.08. The molecule has 0 heterocycles. The van der Waals surface area contributed by atoms with Gasteiger partial charge < -0.3 is 18.9 Å². The highest BCUT2D eigenvalue weighted by Gasteiger charge is 2.10. The highest BCUT2D eigenvalue weighted by Crippen LogP contribution is 2.01. The molecule has 0 aliphatic carbocycles. The third kappa shape index (κ3) is 25.9. The Bertz CT molecular complexity index is 468. The lowest BCUT2D eigenvalue weighted by atomic mass is 10.2. The highest BCUT2D eigenvalue weighted by atomic mass is 16.5. The molecule has 0 spiro atoms. The van der Waals surface area contributed by atoms with Crippen LogP contribution in [-0.4, -0.2) is 50.3 Å². The number of carbonyl (C=O) groups is 4. The molecule has 0 aliphatic heterocycles. The van der Waals surface area contributed by atoms with Crippen LogP contribution in [0.2, 0.25) is 0 Å². The van der Waals surface area contributed by atoms with Crippen molar-refractivity contribution in [2.75, 3.05) is 26.4 Å². The van der Waals surface area contributed by atoms with Crippen molar-refractivity contribution < 1.29 is 38.1 Å². The average molecular weight is 461 g/mol. The molecule has 0 aromatic rings. The highest BCUT2D eigenvalue weighted by molar-refractivity contribution is 5.78. The maximum atomic E-state index is 11.2. The molecule has 8 nitrogen and oxygen atoms in total. The lowest BCUT2D eigenvalue weighted by molar-refractivity contribution is -0.151. The van der Waals surface area contributed by atoms with Gasteiger partial charge in [0.05, 0.1) is 52.1 Å². The smallest absolute Gasteiger partial charge is 0.306 e. The molecule has 0 N–H and O–H groups in total. The zero-order valence-electron chi connectivity index (χ0n) is 20.9. The summed E-state index contributed by atoms with van der Waals surface area (Å²) in [7, 11) is 0. The van der Waals surface area contributed by atoms with Crippen LogP contribution in [0, 0.1) is 11.8 Å². The van der Waals surface area contributed by atoms with E-state index in [4.69, 9.17) is 18.9 Å². The minimum atomic E-state index is -0.338. The van der Waals surface area contributed by atoms with Crippen molar-refractivity contribution in [1.82, 2.24) is 0 Å². The largest absolute Gasteiger partial charge is 0.466 e. The van der Waals surface area contributed by atoms with Gasteiger partial charge in [0.15, 0.2) is 0 Å². The number of rotatable bonds is 16. The summed E-state index contributed by atoms with van der Waals surface area (Å²) in [6, 6.07) is 0. The van der Waals surface area contributed by atoms with E-state index in [-0.39, 0.29) is 49.6 Å². The standard InChI is InChI=1S/2C12H22O4/c1-9(2)7-15-11(13)5-6-12(14)16-8-10(3)4;1-3-5-9-15-11(13)7-8-12(14)16-10-6-4-2/h9-10H,5-8H2,1-4H3;3-10H2,1-2H3. The molecule has 0 aromatic carbocycles. The van der Waals surface area contributed by atoms with Gasteiger partial charge in [-0.25, -0.2) is 0 Å². The minimum Gasteiger partial charge on any atom is -0.466 e. The van der Waals surface area contributed by atoms with Crippen LogP contribution < -0.4 is 0 Å². The summed E-state index contributed by atoms with van der Waals surface area (Å²) in [5.74, 6) is -0.680. The molecule has 0 radical (unpaired) electrons. The number of ether oxygens (including phenoxy) is 4. The molecular formula is C24H44O8. The molecule has 8 heteroatoms. The van der Waals surface area contributed by atoms with Gasteiger partial charge in [-0.15, -0.1) is 0 Å². The maximum Gasteiger partial charge on any atom is 0.306 e. The van der Waals surface area contributed by atoms with Gasteiger partial charge in [0.2, 0.25) is 0 Å². The molecule has 0 fully saturated rings. The molecule has 0 saturated carbocycles. The predicted molar refractivity (Wildman–Crippen MR) is 122 cm³/mol. The third-order valence-electron chi connectivity index (χ3n) is 3.74. The predicted octanol–water partition coefficient (Wildman–Crippen LogP) is 4.62. The second kappa shape index (κ2) is 22.1. The zero-order chi connectivity index (χ0) is 24.8. The second-order valence-corrected chi connectivity index (χ2v) is 8.30. The van der Waals surface area contributed by atoms with E-state index in [1.807, 2.05) is 41.5 Å². The summed E-state index contributed by atoms with van der Waals surface area (Å²) in [5, 5.41) is 0. The molecule has 32 heavy (non-hydrogen) atoms. The number of esters is 4. The van der Waals surface area contributed by atoms with Gasteiger partial charge in [-0.2, -0.15) is 0 Å². The first kappa shape index (κ1) is 32.1. The number of hydrogen-bond donors (Lipinski definition) is 0. The number of hydrogen-bond acceptors (Lipinski definition) is 8. The molecule has 188 valence electrons. The summed E-state index contributed by atoms with van der Waals surface area (Å²) in [6.07, 6.45) is 4.16. The summed E-state index contributed by atoms with van der Waals surface area (Å²) < 4.78 is 19.7. The second-order valence-electron chi connectivity index (χ2n) is 8.30. The van der Waals surface area contributed by atoms with Crippen molar-refractivity contribution in [3.63, 3.8) is 0 Å². The van der Waals surface area contributed by atoms with E-state index in [2.05, 4.69) is 0 Å². The molecule has 0 saturated heterocycles. The Morgan fingerprint density at radius 3 is 1.06 bits per heavy atom. The van der Waals surface area contributed by atoms with Crippen LogP contribution in [0.1, 0.15) is 92.9 Å². The lowest BCUT2D eigenvalue weighted by Crippen LogP contribution is -2.14. The van der Waals surface area contributed by atoms with Crippen LogP contribution in [0.15, 0.2) is 0 Å². The first-order chi connectivity index (χ1) is 15.1. The van der Waals surface area contributed by atoms with Gasteiger partial charge in [-0.3, -0.25) is 19.2 Å². The van der Waals surface area contributed by atoms with E-state index in [0.717, 1.165) is 25.7 Å². The number of carbonyl (C=O) groups excluding carboxylic acids is 4. The van der Waals surface area contributed by atoms with Gasteiger partial charge in [0, 0.05) is 0 Å². The summed E-state index contributed by atoms with van der Waals surface area (Å²) in [5.41, 5.74) is 0. The Kier molecular flexibility index (Phi) is 22.1. The van der Waals surface area contributed by atoms with Gasteiger partial charge >= 0.3 is 23.9 Å². The van der Waals surface area contributed by atoms with E-state index in [1.54, 1.807) is 0 Å². The van der Waals surface area contributed by atoms with E-state index in [0.29, 0.717) is 38.3 Å². The molecule has 0 bridgehead atoms. The quantitative estimate of drug-likeness (QED) is 0.187. The SMILES string of the molecule is CC(C)COC(=O)CCC(=O)OCC(C)C.CCCCOC(=O)CCC(=O)OCCCC. The van der Waals surface area contributed by atoms with Gasteiger partial charge in [0.1, 0.15) is 0 Å². The Labute approximate surface area is 193 Å². The molecular weight excluding hydrogens is 416 g/mol. The van der Waals surface area contributed by atoms with Crippen LogP contribution in [0.4, 0.5) is 0 Å². The third-order valence-corrected chi connectivity index (χ3v) is 3.74. The van der Waals surface area contributed by atoms with Gasteiger partial charge in [-0.1, -0.05) is 54.4 Å².